The first-order chi connectivity index (χ1) is 18.7. The molecule has 0 spiro atoms. The van der Waals surface area contributed by atoms with Crippen molar-refractivity contribution < 1.29 is 0 Å². The van der Waals surface area contributed by atoms with Crippen LogP contribution in [0.15, 0.2) is 100 Å². The van der Waals surface area contributed by atoms with Gasteiger partial charge in [0.2, 0.25) is 0 Å². The third kappa shape index (κ3) is 3.72. The van der Waals surface area contributed by atoms with Crippen molar-refractivity contribution in [3.63, 3.8) is 0 Å². The van der Waals surface area contributed by atoms with Crippen LogP contribution in [-0.4, -0.2) is 9.13 Å². The van der Waals surface area contributed by atoms with Crippen LogP contribution < -0.4 is 14.9 Å². The molecule has 1 unspecified atom stereocenters. The SMILES string of the molecule is CCCCn1cc(C=c2sc3n(c2=O)C(c2ccccc2)C2=C(N=3)c3ccccc3CC2)c2ccccc21. The summed E-state index contributed by atoms with van der Waals surface area (Å²) in [6.45, 7) is 3.20. The molecule has 0 N–H and O–H groups in total. The molecule has 3 heterocycles. The van der Waals surface area contributed by atoms with Crippen molar-refractivity contribution in [3.8, 4) is 0 Å². The first kappa shape index (κ1) is 23.2. The summed E-state index contributed by atoms with van der Waals surface area (Å²) in [7, 11) is 0. The van der Waals surface area contributed by atoms with Crippen LogP contribution in [0.1, 0.15) is 54.5 Å². The lowest BCUT2D eigenvalue weighted by Gasteiger charge is -2.30. The Morgan fingerprint density at radius 1 is 0.974 bits per heavy atom. The fourth-order valence-electron chi connectivity index (χ4n) is 6.00. The maximum Gasteiger partial charge on any atom is 0.271 e. The molecule has 1 aliphatic carbocycles. The predicted octanol–water partition coefficient (Wildman–Crippen LogP) is 6.07. The largest absolute Gasteiger partial charge is 0.347 e. The molecule has 38 heavy (non-hydrogen) atoms. The van der Waals surface area contributed by atoms with Crippen molar-refractivity contribution in [2.45, 2.75) is 45.2 Å². The van der Waals surface area contributed by atoms with Gasteiger partial charge in [-0.3, -0.25) is 9.36 Å². The maximum atomic E-state index is 14.1. The molecule has 0 fully saturated rings. The second-order valence-corrected chi connectivity index (χ2v) is 11.2. The molecule has 1 aliphatic heterocycles. The fourth-order valence-corrected chi connectivity index (χ4v) is 6.99. The van der Waals surface area contributed by atoms with E-state index in [1.807, 2.05) is 10.6 Å². The third-order valence-corrected chi connectivity index (χ3v) is 8.83. The van der Waals surface area contributed by atoms with E-state index in [1.165, 1.54) is 38.9 Å². The summed E-state index contributed by atoms with van der Waals surface area (Å²) in [5.41, 5.74) is 8.31. The van der Waals surface area contributed by atoms with Crippen LogP contribution in [0.4, 0.5) is 0 Å². The van der Waals surface area contributed by atoms with Crippen LogP contribution >= 0.6 is 11.3 Å². The molecule has 2 aromatic heterocycles. The van der Waals surface area contributed by atoms with Gasteiger partial charge in [-0.2, -0.15) is 0 Å². The van der Waals surface area contributed by atoms with Crippen LogP contribution in [0, 0.1) is 0 Å². The first-order valence-corrected chi connectivity index (χ1v) is 14.3. The minimum absolute atomic E-state index is 0.0402. The number of rotatable bonds is 5. The summed E-state index contributed by atoms with van der Waals surface area (Å²) in [5.74, 6) is 0. The zero-order chi connectivity index (χ0) is 25.6. The summed E-state index contributed by atoms with van der Waals surface area (Å²) in [5, 5.41) is 1.18. The normalized spacial score (nSPS) is 16.8. The highest BCUT2D eigenvalue weighted by atomic mass is 32.1. The molecule has 188 valence electrons. The van der Waals surface area contributed by atoms with E-state index in [1.54, 1.807) is 0 Å². The smallest absolute Gasteiger partial charge is 0.271 e. The van der Waals surface area contributed by atoms with E-state index in [4.69, 9.17) is 4.99 Å². The topological polar surface area (TPSA) is 39.3 Å². The van der Waals surface area contributed by atoms with Crippen molar-refractivity contribution in [2.75, 3.05) is 0 Å². The highest BCUT2D eigenvalue weighted by Crippen LogP contribution is 2.41. The predicted molar refractivity (Wildman–Crippen MR) is 156 cm³/mol. The van der Waals surface area contributed by atoms with Crippen molar-refractivity contribution in [2.24, 2.45) is 4.99 Å². The summed E-state index contributed by atoms with van der Waals surface area (Å²) < 4.78 is 5.00. The molecule has 0 radical (unpaired) electrons. The van der Waals surface area contributed by atoms with Crippen molar-refractivity contribution in [3.05, 3.63) is 133 Å². The van der Waals surface area contributed by atoms with Gasteiger partial charge in [-0.1, -0.05) is 97.5 Å². The summed E-state index contributed by atoms with van der Waals surface area (Å²) >= 11 is 1.51. The zero-order valence-corrected chi connectivity index (χ0v) is 22.2. The fraction of sp³-hybridized carbons (Fsp3) is 0.212. The number of aromatic nitrogens is 2. The van der Waals surface area contributed by atoms with E-state index < -0.39 is 0 Å². The average Bonchev–Trinajstić information content (AvgIpc) is 3.47. The number of para-hydroxylation sites is 1. The van der Waals surface area contributed by atoms with E-state index in [0.29, 0.717) is 0 Å². The molecule has 5 heteroatoms. The molecule has 5 aromatic rings. The minimum Gasteiger partial charge on any atom is -0.347 e. The Morgan fingerprint density at radius 3 is 2.63 bits per heavy atom. The molecule has 4 nitrogen and oxygen atoms in total. The van der Waals surface area contributed by atoms with Crippen molar-refractivity contribution in [1.29, 1.82) is 0 Å². The van der Waals surface area contributed by atoms with Gasteiger partial charge < -0.3 is 4.57 Å². The Labute approximate surface area is 225 Å². The number of unbranched alkanes of at least 4 members (excludes halogenated alkanes) is 1. The van der Waals surface area contributed by atoms with Gasteiger partial charge in [0.05, 0.1) is 16.3 Å². The summed E-state index contributed by atoms with van der Waals surface area (Å²) in [6, 6.07) is 27.4. The van der Waals surface area contributed by atoms with E-state index in [0.717, 1.165) is 58.4 Å². The summed E-state index contributed by atoms with van der Waals surface area (Å²) in [6.07, 6.45) is 8.43. The number of benzene rings is 3. The van der Waals surface area contributed by atoms with E-state index in [2.05, 4.69) is 96.6 Å². The van der Waals surface area contributed by atoms with Crippen LogP contribution in [0.2, 0.25) is 0 Å². The average molecular weight is 516 g/mol. The van der Waals surface area contributed by atoms with Crippen molar-refractivity contribution >= 4 is 34.0 Å². The molecular formula is C33H29N3OS. The number of fused-ring (bicyclic) bond motifs is 4. The van der Waals surface area contributed by atoms with Gasteiger partial charge >= 0.3 is 0 Å². The van der Waals surface area contributed by atoms with Gasteiger partial charge in [0.1, 0.15) is 0 Å². The van der Waals surface area contributed by atoms with Gasteiger partial charge in [-0.05, 0) is 48.1 Å². The number of nitrogens with zero attached hydrogens (tertiary/aromatic N) is 3. The number of hydrogen-bond acceptors (Lipinski definition) is 3. The number of aryl methyl sites for hydroxylation is 2. The van der Waals surface area contributed by atoms with E-state index in [-0.39, 0.29) is 11.6 Å². The maximum absolute atomic E-state index is 14.1. The van der Waals surface area contributed by atoms with Crippen LogP contribution in [-0.2, 0) is 13.0 Å². The van der Waals surface area contributed by atoms with Gasteiger partial charge in [0.25, 0.3) is 5.56 Å². The number of hydrogen-bond donors (Lipinski definition) is 0. The molecule has 2 aliphatic rings. The highest BCUT2D eigenvalue weighted by Gasteiger charge is 2.32. The lowest BCUT2D eigenvalue weighted by molar-refractivity contribution is 0.585. The number of allylic oxidation sites excluding steroid dienone is 1. The molecule has 0 saturated carbocycles. The molecule has 0 bridgehead atoms. The molecule has 7 rings (SSSR count). The van der Waals surface area contributed by atoms with Gasteiger partial charge in [-0.25, -0.2) is 4.99 Å². The van der Waals surface area contributed by atoms with Gasteiger partial charge in [-0.15, -0.1) is 0 Å². The first-order valence-electron chi connectivity index (χ1n) is 13.5. The summed E-state index contributed by atoms with van der Waals surface area (Å²) in [4.78, 5) is 20.0. The highest BCUT2D eigenvalue weighted by molar-refractivity contribution is 7.07. The molecule has 0 saturated heterocycles. The molecule has 3 aromatic carbocycles. The van der Waals surface area contributed by atoms with Gasteiger partial charge in [0.15, 0.2) is 4.80 Å². The molecule has 0 amide bonds. The lowest BCUT2D eigenvalue weighted by atomic mass is 9.83. The van der Waals surface area contributed by atoms with E-state index in [9.17, 15) is 4.79 Å². The van der Waals surface area contributed by atoms with Crippen LogP contribution in [0.25, 0.3) is 22.7 Å². The van der Waals surface area contributed by atoms with Gasteiger partial charge in [0, 0.05) is 34.8 Å². The second-order valence-electron chi connectivity index (χ2n) is 10.2. The quantitative estimate of drug-likeness (QED) is 0.280. The lowest BCUT2D eigenvalue weighted by Crippen LogP contribution is -2.38. The molecule has 1 atom stereocenters. The second kappa shape index (κ2) is 9.41. The van der Waals surface area contributed by atoms with Crippen LogP contribution in [0.5, 0.6) is 0 Å². The molecular weight excluding hydrogens is 486 g/mol. The Bertz CT molecular complexity index is 1890. The number of thiazole rings is 1. The Hall–Kier alpha value is -3.96. The standard InChI is InChI=1S/C33H29N3OS/c1-2-3-19-35-21-24(25-14-9-10-16-28(25)35)20-29-32(37)36-31(23-12-5-4-6-13-23)27-18-17-22-11-7-8-15-26(22)30(27)34-33(36)38-29/h4-16,20-21,31H,2-3,17-19H2,1H3. The van der Waals surface area contributed by atoms with Crippen LogP contribution in [0.3, 0.4) is 0 Å². The Balaban J connectivity index is 1.46. The Kier molecular flexibility index (Phi) is 5.74. The minimum atomic E-state index is -0.135. The van der Waals surface area contributed by atoms with E-state index >= 15 is 0 Å². The zero-order valence-electron chi connectivity index (χ0n) is 21.4. The van der Waals surface area contributed by atoms with Crippen molar-refractivity contribution in [1.82, 2.24) is 9.13 Å². The third-order valence-electron chi connectivity index (χ3n) is 7.85. The Morgan fingerprint density at radius 2 is 1.76 bits per heavy atom. The monoisotopic (exact) mass is 515 g/mol.